The molecule has 120 valence electrons. The largest absolute Gasteiger partial charge is 0.339 e. The monoisotopic (exact) mass is 326 g/mol. The molecule has 0 spiro atoms. The molecule has 1 aliphatic heterocycles. The molecule has 3 nitrogen and oxygen atoms in total. The van der Waals surface area contributed by atoms with E-state index < -0.39 is 0 Å². The van der Waals surface area contributed by atoms with Crippen molar-refractivity contribution in [3.05, 3.63) is 48.0 Å². The Hall–Kier alpha value is -1.78. The molecule has 4 heteroatoms. The number of benzene rings is 2. The minimum atomic E-state index is 0.541. The van der Waals surface area contributed by atoms with E-state index in [0.717, 1.165) is 29.8 Å². The Labute approximate surface area is 142 Å². The molecule has 1 unspecified atom stereocenters. The molecule has 0 fully saturated rings. The van der Waals surface area contributed by atoms with Crippen molar-refractivity contribution >= 4 is 29.4 Å². The molecule has 23 heavy (non-hydrogen) atoms. The molecule has 3 rings (SSSR count). The zero-order valence-electron chi connectivity index (χ0n) is 13.8. The molecule has 0 aliphatic carbocycles. The molecule has 1 atom stereocenters. The summed E-state index contributed by atoms with van der Waals surface area (Å²) in [7, 11) is 4.22. The molecule has 0 amide bonds. The van der Waals surface area contributed by atoms with Crippen LogP contribution in [0.1, 0.15) is 17.3 Å². The number of carbonyl (C=O) groups excluding carboxylic acids is 1. The van der Waals surface area contributed by atoms with E-state index in [1.165, 1.54) is 16.3 Å². The molecule has 1 aliphatic rings. The lowest BCUT2D eigenvalue weighted by Gasteiger charge is -2.35. The molecular formula is C19H22N2OS. The fraction of sp³-hybridized carbons (Fsp3) is 0.316. The Balaban J connectivity index is 1.99. The molecule has 2 aromatic rings. The smallest absolute Gasteiger partial charge is 0.150 e. The summed E-state index contributed by atoms with van der Waals surface area (Å²) in [6.45, 7) is 4.29. The van der Waals surface area contributed by atoms with Crippen LogP contribution in [0.4, 0.5) is 11.4 Å². The van der Waals surface area contributed by atoms with Gasteiger partial charge in [0.05, 0.1) is 11.4 Å². The Bertz CT molecular complexity index is 714. The lowest BCUT2D eigenvalue weighted by Crippen LogP contribution is -2.31. The third kappa shape index (κ3) is 3.43. The van der Waals surface area contributed by atoms with Crippen LogP contribution in [0.2, 0.25) is 0 Å². The van der Waals surface area contributed by atoms with Crippen molar-refractivity contribution in [3.8, 4) is 0 Å². The molecule has 0 aromatic heterocycles. The van der Waals surface area contributed by atoms with E-state index in [1.54, 1.807) is 11.8 Å². The van der Waals surface area contributed by atoms with Crippen LogP contribution in [0, 0.1) is 5.92 Å². The van der Waals surface area contributed by atoms with Crippen molar-refractivity contribution in [2.75, 3.05) is 32.1 Å². The standard InChI is InChI=1S/C19H22N2OS/c1-14(11-20(2)3)12-21-16-6-4-5-7-18(16)23-19-10-15(13-22)8-9-17(19)21/h4-10,13-14H,11-12H2,1-3H3. The van der Waals surface area contributed by atoms with Crippen molar-refractivity contribution in [1.29, 1.82) is 0 Å². The summed E-state index contributed by atoms with van der Waals surface area (Å²) >= 11 is 1.75. The summed E-state index contributed by atoms with van der Waals surface area (Å²) in [4.78, 5) is 18.1. The van der Waals surface area contributed by atoms with E-state index >= 15 is 0 Å². The quantitative estimate of drug-likeness (QED) is 0.764. The Morgan fingerprint density at radius 3 is 2.61 bits per heavy atom. The van der Waals surface area contributed by atoms with Gasteiger partial charge in [0.1, 0.15) is 6.29 Å². The summed E-state index contributed by atoms with van der Waals surface area (Å²) in [5, 5.41) is 0. The van der Waals surface area contributed by atoms with Crippen LogP contribution in [0.15, 0.2) is 52.3 Å². The van der Waals surface area contributed by atoms with Gasteiger partial charge in [-0.15, -0.1) is 0 Å². The zero-order valence-corrected chi connectivity index (χ0v) is 14.6. The Morgan fingerprint density at radius 2 is 1.87 bits per heavy atom. The first-order chi connectivity index (χ1) is 11.1. The van der Waals surface area contributed by atoms with Crippen LogP contribution < -0.4 is 4.90 Å². The minimum absolute atomic E-state index is 0.541. The van der Waals surface area contributed by atoms with Crippen molar-refractivity contribution < 1.29 is 4.79 Å². The summed E-state index contributed by atoms with van der Waals surface area (Å²) in [6, 6.07) is 14.5. The number of hydrogen-bond donors (Lipinski definition) is 0. The van der Waals surface area contributed by atoms with Crippen LogP contribution in [-0.4, -0.2) is 38.4 Å². The highest BCUT2D eigenvalue weighted by molar-refractivity contribution is 7.99. The van der Waals surface area contributed by atoms with Gasteiger partial charge in [0.25, 0.3) is 0 Å². The summed E-state index contributed by atoms with van der Waals surface area (Å²) < 4.78 is 0. The molecular weight excluding hydrogens is 304 g/mol. The highest BCUT2D eigenvalue weighted by Gasteiger charge is 2.24. The third-order valence-electron chi connectivity index (χ3n) is 3.96. The van der Waals surface area contributed by atoms with Crippen LogP contribution in [-0.2, 0) is 0 Å². The number of hydrogen-bond acceptors (Lipinski definition) is 4. The first-order valence-corrected chi connectivity index (χ1v) is 8.68. The molecule has 0 saturated carbocycles. The Morgan fingerprint density at radius 1 is 1.13 bits per heavy atom. The van der Waals surface area contributed by atoms with Gasteiger partial charge in [-0.1, -0.05) is 30.8 Å². The maximum atomic E-state index is 11.1. The number of rotatable bonds is 5. The average Bonchev–Trinajstić information content (AvgIpc) is 2.53. The summed E-state index contributed by atoms with van der Waals surface area (Å²) in [5.41, 5.74) is 3.19. The van der Waals surface area contributed by atoms with Crippen molar-refractivity contribution in [2.45, 2.75) is 16.7 Å². The van der Waals surface area contributed by atoms with Crippen LogP contribution in [0.3, 0.4) is 0 Å². The van der Waals surface area contributed by atoms with Gasteiger partial charge in [-0.3, -0.25) is 4.79 Å². The number of fused-ring (bicyclic) bond motifs is 2. The van der Waals surface area contributed by atoms with Gasteiger partial charge in [-0.25, -0.2) is 0 Å². The second-order valence-corrected chi connectivity index (χ2v) is 7.48. The summed E-state index contributed by atoms with van der Waals surface area (Å²) in [6.07, 6.45) is 0.917. The van der Waals surface area contributed by atoms with Crippen LogP contribution in [0.5, 0.6) is 0 Å². The molecule has 2 aromatic carbocycles. The SMILES string of the molecule is CC(CN(C)C)CN1c2ccccc2Sc2cc(C=O)ccc21. The predicted molar refractivity (Wildman–Crippen MR) is 97.1 cm³/mol. The maximum Gasteiger partial charge on any atom is 0.150 e. The maximum absolute atomic E-state index is 11.1. The summed E-state index contributed by atoms with van der Waals surface area (Å²) in [5.74, 6) is 0.541. The topological polar surface area (TPSA) is 23.6 Å². The third-order valence-corrected chi connectivity index (χ3v) is 5.07. The van der Waals surface area contributed by atoms with Gasteiger partial charge < -0.3 is 9.80 Å². The van der Waals surface area contributed by atoms with E-state index in [0.29, 0.717) is 5.92 Å². The second kappa shape index (κ2) is 6.77. The molecule has 0 N–H and O–H groups in total. The number of carbonyl (C=O) groups is 1. The van der Waals surface area contributed by atoms with Gasteiger partial charge in [0.2, 0.25) is 0 Å². The molecule has 1 heterocycles. The minimum Gasteiger partial charge on any atom is -0.339 e. The molecule has 0 saturated heterocycles. The van der Waals surface area contributed by atoms with Crippen molar-refractivity contribution in [3.63, 3.8) is 0 Å². The fourth-order valence-electron chi connectivity index (χ4n) is 3.11. The number of para-hydroxylation sites is 1. The fourth-order valence-corrected chi connectivity index (χ4v) is 4.26. The van der Waals surface area contributed by atoms with Gasteiger partial charge >= 0.3 is 0 Å². The lowest BCUT2D eigenvalue weighted by atomic mass is 10.1. The Kier molecular flexibility index (Phi) is 4.74. The normalized spacial score (nSPS) is 14.3. The van der Waals surface area contributed by atoms with E-state index in [1.807, 2.05) is 12.1 Å². The highest BCUT2D eigenvalue weighted by atomic mass is 32.2. The first-order valence-electron chi connectivity index (χ1n) is 7.87. The molecule has 0 bridgehead atoms. The number of anilines is 2. The van der Waals surface area contributed by atoms with E-state index in [9.17, 15) is 4.79 Å². The van der Waals surface area contributed by atoms with E-state index in [4.69, 9.17) is 0 Å². The van der Waals surface area contributed by atoms with E-state index in [2.05, 4.69) is 61.2 Å². The number of nitrogens with zero attached hydrogens (tertiary/aromatic N) is 2. The van der Waals surface area contributed by atoms with Crippen molar-refractivity contribution in [2.24, 2.45) is 5.92 Å². The van der Waals surface area contributed by atoms with Gasteiger partial charge in [-0.05, 0) is 50.3 Å². The number of aldehydes is 1. The van der Waals surface area contributed by atoms with Gasteiger partial charge in [0, 0.05) is 28.4 Å². The van der Waals surface area contributed by atoms with Crippen molar-refractivity contribution in [1.82, 2.24) is 4.90 Å². The van der Waals surface area contributed by atoms with Crippen LogP contribution >= 0.6 is 11.8 Å². The first kappa shape index (κ1) is 16.1. The van der Waals surface area contributed by atoms with Crippen LogP contribution in [0.25, 0.3) is 0 Å². The second-order valence-electron chi connectivity index (χ2n) is 6.39. The lowest BCUT2D eigenvalue weighted by molar-refractivity contribution is 0.112. The van der Waals surface area contributed by atoms with E-state index in [-0.39, 0.29) is 0 Å². The zero-order chi connectivity index (χ0) is 16.4. The van der Waals surface area contributed by atoms with Gasteiger partial charge in [0.15, 0.2) is 0 Å². The van der Waals surface area contributed by atoms with Gasteiger partial charge in [-0.2, -0.15) is 0 Å². The molecule has 0 radical (unpaired) electrons. The average molecular weight is 326 g/mol. The predicted octanol–water partition coefficient (Wildman–Crippen LogP) is 4.30. The highest BCUT2D eigenvalue weighted by Crippen LogP contribution is 2.48.